The molecule has 0 spiro atoms. The Kier molecular flexibility index (Phi) is 10.0. The normalized spacial score (nSPS) is 15.4. The Balaban J connectivity index is 1.33. The molecule has 1 fully saturated rings. The van der Waals surface area contributed by atoms with Crippen molar-refractivity contribution in [1.82, 2.24) is 34.0 Å². The quantitative estimate of drug-likeness (QED) is 0.253. The molecule has 2 aliphatic rings. The number of alkyl halides is 3. The van der Waals surface area contributed by atoms with Gasteiger partial charge in [-0.1, -0.05) is 24.6 Å². The molecule has 5 heterocycles. The summed E-state index contributed by atoms with van der Waals surface area (Å²) < 4.78 is 46.7. The van der Waals surface area contributed by atoms with Crippen LogP contribution in [0.5, 0.6) is 5.75 Å². The van der Waals surface area contributed by atoms with Crippen molar-refractivity contribution in [3.63, 3.8) is 0 Å². The number of thioether (sulfide) groups is 1. The zero-order valence-electron chi connectivity index (χ0n) is 26.8. The number of amides is 2. The van der Waals surface area contributed by atoms with Crippen LogP contribution >= 0.6 is 23.4 Å². The van der Waals surface area contributed by atoms with E-state index in [0.29, 0.717) is 37.6 Å². The third kappa shape index (κ3) is 7.27. The number of hydrogen-bond donors (Lipinski definition) is 2. The van der Waals surface area contributed by atoms with Crippen molar-refractivity contribution in [1.29, 1.82) is 0 Å². The van der Waals surface area contributed by atoms with Crippen LogP contribution in [0.3, 0.4) is 0 Å². The van der Waals surface area contributed by atoms with Gasteiger partial charge in [-0.2, -0.15) is 22.7 Å². The van der Waals surface area contributed by atoms with Gasteiger partial charge in [0.1, 0.15) is 18.6 Å². The summed E-state index contributed by atoms with van der Waals surface area (Å²) in [4.78, 5) is 56.6. The minimum Gasteiger partial charge on any atom is -0.504 e. The van der Waals surface area contributed by atoms with E-state index in [4.69, 9.17) is 16.3 Å². The second kappa shape index (κ2) is 14.3. The molecule has 0 unspecified atom stereocenters. The molecule has 264 valence electrons. The number of piperazine rings is 1. The van der Waals surface area contributed by atoms with E-state index in [1.54, 1.807) is 11.5 Å². The van der Waals surface area contributed by atoms with Crippen molar-refractivity contribution < 1.29 is 32.6 Å². The highest BCUT2D eigenvalue weighted by Gasteiger charge is 2.32. The standard InChI is InChI=1S/C31H31ClF3N9O5S/c1-3-22-25(41-8-10-42(11-9-41)28(47)24-26(46)17(2)36-16-37-24)29(48)44-30(39-27(40-44)18-6-12-49-13-7-18)43(22)15-23(45)38-21-5-4-19(14-20(21)32)50-31(33,34)35/h4-6,14,16,46H,3,7-13,15H2,1-2H3,(H,38,45). The van der Waals surface area contributed by atoms with Gasteiger partial charge in [0.2, 0.25) is 11.7 Å². The summed E-state index contributed by atoms with van der Waals surface area (Å²) in [6.45, 7) is 4.79. The first-order valence-corrected chi connectivity index (χ1v) is 16.7. The summed E-state index contributed by atoms with van der Waals surface area (Å²) in [6.07, 6.45) is 3.87. The fourth-order valence-corrected chi connectivity index (χ4v) is 6.70. The Morgan fingerprint density at radius 1 is 1.16 bits per heavy atom. The molecule has 50 heavy (non-hydrogen) atoms. The van der Waals surface area contributed by atoms with E-state index in [1.807, 2.05) is 17.9 Å². The summed E-state index contributed by atoms with van der Waals surface area (Å²) in [7, 11) is 0. The first-order chi connectivity index (χ1) is 23.8. The van der Waals surface area contributed by atoms with E-state index in [1.165, 1.54) is 23.4 Å². The number of anilines is 2. The maximum Gasteiger partial charge on any atom is 0.446 e. The molecule has 19 heteroatoms. The summed E-state index contributed by atoms with van der Waals surface area (Å²) >= 11 is 5.92. The molecule has 4 aromatic rings. The Labute approximate surface area is 291 Å². The van der Waals surface area contributed by atoms with Crippen LogP contribution in [0.1, 0.15) is 41.0 Å². The number of ether oxygens (including phenoxy) is 1. The van der Waals surface area contributed by atoms with E-state index in [-0.39, 0.29) is 88.7 Å². The molecule has 14 nitrogen and oxygen atoms in total. The molecule has 1 aromatic carbocycles. The van der Waals surface area contributed by atoms with Crippen molar-refractivity contribution >= 4 is 57.9 Å². The van der Waals surface area contributed by atoms with Crippen molar-refractivity contribution in [3.05, 3.63) is 68.9 Å². The lowest BCUT2D eigenvalue weighted by Gasteiger charge is -2.36. The van der Waals surface area contributed by atoms with Crippen LogP contribution in [0.2, 0.25) is 5.02 Å². The zero-order chi connectivity index (χ0) is 35.7. The lowest BCUT2D eigenvalue weighted by atomic mass is 10.1. The maximum atomic E-state index is 14.2. The Morgan fingerprint density at radius 3 is 2.58 bits per heavy atom. The smallest absolute Gasteiger partial charge is 0.446 e. The lowest BCUT2D eigenvalue weighted by molar-refractivity contribution is -0.116. The Hall–Kier alpha value is -4.68. The fourth-order valence-electron chi connectivity index (χ4n) is 5.83. The van der Waals surface area contributed by atoms with Crippen LogP contribution in [0.15, 0.2) is 40.3 Å². The van der Waals surface area contributed by atoms with Crippen LogP contribution in [0.25, 0.3) is 11.4 Å². The minimum atomic E-state index is -4.50. The predicted octanol–water partition coefficient (Wildman–Crippen LogP) is 3.93. The molecular formula is C31H31ClF3N9O5S. The number of aryl methyl sites for hydroxylation is 1. The molecule has 0 radical (unpaired) electrons. The maximum absolute atomic E-state index is 14.2. The molecule has 2 aliphatic heterocycles. The number of halogens is 4. The van der Waals surface area contributed by atoms with Gasteiger partial charge in [0.05, 0.1) is 35.3 Å². The van der Waals surface area contributed by atoms with Crippen LogP contribution in [0.4, 0.5) is 24.5 Å². The van der Waals surface area contributed by atoms with Crippen molar-refractivity contribution in [2.75, 3.05) is 49.6 Å². The summed E-state index contributed by atoms with van der Waals surface area (Å²) in [5.41, 5.74) is -3.12. The number of fused-ring (bicyclic) bond motifs is 1. The lowest BCUT2D eigenvalue weighted by Crippen LogP contribution is -2.51. The molecule has 6 rings (SSSR count). The molecule has 0 atom stereocenters. The second-order valence-corrected chi connectivity index (χ2v) is 13.0. The van der Waals surface area contributed by atoms with Crippen LogP contribution in [-0.4, -0.2) is 95.9 Å². The van der Waals surface area contributed by atoms with E-state index in [0.717, 1.165) is 16.2 Å². The van der Waals surface area contributed by atoms with E-state index in [9.17, 15) is 32.7 Å². The Bertz CT molecular complexity index is 2060. The van der Waals surface area contributed by atoms with Crippen molar-refractivity contribution in [2.24, 2.45) is 0 Å². The largest absolute Gasteiger partial charge is 0.504 e. The van der Waals surface area contributed by atoms with Gasteiger partial charge in [-0.25, -0.2) is 9.97 Å². The van der Waals surface area contributed by atoms with Gasteiger partial charge in [-0.15, -0.1) is 5.10 Å². The van der Waals surface area contributed by atoms with Gasteiger partial charge in [0.15, 0.2) is 17.3 Å². The number of nitrogens with one attached hydrogen (secondary N) is 1. The highest BCUT2D eigenvalue weighted by molar-refractivity contribution is 8.00. The number of carbonyl (C=O) groups excluding carboxylic acids is 2. The van der Waals surface area contributed by atoms with Gasteiger partial charge in [-0.3, -0.25) is 14.4 Å². The first kappa shape index (κ1) is 35.2. The highest BCUT2D eigenvalue weighted by atomic mass is 35.5. The number of carbonyl (C=O) groups is 2. The van der Waals surface area contributed by atoms with Gasteiger partial charge in [0, 0.05) is 31.1 Å². The molecule has 2 N–H and O–H groups in total. The van der Waals surface area contributed by atoms with E-state index >= 15 is 0 Å². The molecule has 0 aliphatic carbocycles. The fraction of sp³-hybridized carbons (Fsp3) is 0.387. The van der Waals surface area contributed by atoms with Crippen molar-refractivity contribution in [3.8, 4) is 5.75 Å². The topological polar surface area (TPSA) is 160 Å². The average molecular weight is 734 g/mol. The molecule has 2 amide bonds. The van der Waals surface area contributed by atoms with Gasteiger partial charge in [0.25, 0.3) is 11.5 Å². The molecular weight excluding hydrogens is 703 g/mol. The number of aromatic nitrogens is 6. The van der Waals surface area contributed by atoms with Gasteiger partial charge in [-0.05, 0) is 55.3 Å². The molecule has 3 aromatic heterocycles. The highest BCUT2D eigenvalue weighted by Crippen LogP contribution is 2.39. The van der Waals surface area contributed by atoms with E-state index < -0.39 is 22.9 Å². The number of rotatable bonds is 8. The third-order valence-corrected chi connectivity index (χ3v) is 9.29. The average Bonchev–Trinajstić information content (AvgIpc) is 3.54. The second-order valence-electron chi connectivity index (χ2n) is 11.4. The number of benzene rings is 1. The summed E-state index contributed by atoms with van der Waals surface area (Å²) in [5.74, 6) is -0.893. The summed E-state index contributed by atoms with van der Waals surface area (Å²) in [6, 6.07) is 3.61. The van der Waals surface area contributed by atoms with Crippen LogP contribution in [0, 0.1) is 6.92 Å². The molecule has 0 saturated carbocycles. The van der Waals surface area contributed by atoms with Gasteiger partial charge >= 0.3 is 5.51 Å². The monoisotopic (exact) mass is 733 g/mol. The number of aromatic hydroxyl groups is 1. The SMILES string of the molecule is CCc1c(N2CCN(C(=O)c3ncnc(C)c3O)CC2)c(=O)n2nc(C3=CCOCC3)nc2n1CC(=O)Nc1ccc(SC(F)(F)F)cc1Cl. The molecule has 1 saturated heterocycles. The summed E-state index contributed by atoms with van der Waals surface area (Å²) in [5, 5.41) is 17.5. The minimum absolute atomic E-state index is 0.0804. The van der Waals surface area contributed by atoms with Gasteiger partial charge < -0.3 is 29.5 Å². The number of nitrogens with zero attached hydrogens (tertiary/aromatic N) is 8. The first-order valence-electron chi connectivity index (χ1n) is 15.5. The number of hydrogen-bond acceptors (Lipinski definition) is 11. The predicted molar refractivity (Wildman–Crippen MR) is 179 cm³/mol. The zero-order valence-corrected chi connectivity index (χ0v) is 28.4. The van der Waals surface area contributed by atoms with Crippen LogP contribution in [-0.2, 0) is 22.5 Å². The van der Waals surface area contributed by atoms with Crippen LogP contribution < -0.4 is 15.8 Å². The van der Waals surface area contributed by atoms with E-state index in [2.05, 4.69) is 25.4 Å². The Morgan fingerprint density at radius 2 is 1.92 bits per heavy atom. The molecule has 0 bridgehead atoms. The van der Waals surface area contributed by atoms with Crippen molar-refractivity contribution in [2.45, 2.75) is 43.6 Å². The third-order valence-electron chi connectivity index (χ3n) is 8.25.